The lowest BCUT2D eigenvalue weighted by atomic mass is 10.0. The van der Waals surface area contributed by atoms with Gasteiger partial charge in [-0.2, -0.15) is 0 Å². The molecule has 1 N–H and O–H groups in total. The van der Waals surface area contributed by atoms with E-state index in [0.29, 0.717) is 42.6 Å². The molecule has 2 aromatic rings. The van der Waals surface area contributed by atoms with E-state index in [2.05, 4.69) is 19.2 Å². The van der Waals surface area contributed by atoms with Gasteiger partial charge in [-0.15, -0.1) is 11.3 Å². The number of hydrogen-bond donors (Lipinski definition) is 1. The molecule has 148 valence electrons. The Morgan fingerprint density at radius 2 is 1.63 bits per heavy atom. The van der Waals surface area contributed by atoms with Crippen molar-refractivity contribution >= 4 is 17.2 Å². The number of thiophene rings is 1. The normalized spacial score (nSPS) is 11.9. The molecule has 27 heavy (non-hydrogen) atoms. The third kappa shape index (κ3) is 5.39. The number of nitrogens with one attached hydrogen (secondary N) is 1. The van der Waals surface area contributed by atoms with Gasteiger partial charge in [-0.25, -0.2) is 0 Å². The maximum Gasteiger partial charge on any atom is 0.252 e. The Labute approximate surface area is 165 Å². The molecule has 0 aliphatic rings. The van der Waals surface area contributed by atoms with E-state index in [0.717, 1.165) is 4.88 Å². The largest absolute Gasteiger partial charge is 0.490 e. The average molecular weight is 392 g/mol. The molecule has 6 heteroatoms. The van der Waals surface area contributed by atoms with E-state index >= 15 is 0 Å². The smallest absolute Gasteiger partial charge is 0.252 e. The molecule has 1 atom stereocenters. The van der Waals surface area contributed by atoms with Crippen LogP contribution in [0.1, 0.15) is 55.9 Å². The van der Waals surface area contributed by atoms with Crippen molar-refractivity contribution in [1.29, 1.82) is 0 Å². The predicted molar refractivity (Wildman–Crippen MR) is 109 cm³/mol. The number of carbonyl (C=O) groups excluding carboxylic acids is 1. The fourth-order valence-electron chi connectivity index (χ4n) is 2.78. The van der Waals surface area contributed by atoms with Crippen LogP contribution in [0.5, 0.6) is 17.2 Å². The average Bonchev–Trinajstić information content (AvgIpc) is 3.16. The van der Waals surface area contributed by atoms with Crippen molar-refractivity contribution in [2.45, 2.75) is 40.7 Å². The molecule has 1 heterocycles. The molecule has 1 aromatic carbocycles. The van der Waals surface area contributed by atoms with Crippen molar-refractivity contribution in [2.75, 3.05) is 19.8 Å². The van der Waals surface area contributed by atoms with Gasteiger partial charge in [-0.05, 0) is 50.3 Å². The monoisotopic (exact) mass is 391 g/mol. The molecule has 2 rings (SSSR count). The van der Waals surface area contributed by atoms with Gasteiger partial charge in [-0.3, -0.25) is 4.79 Å². The van der Waals surface area contributed by atoms with Crippen LogP contribution in [0, 0.1) is 5.92 Å². The number of ether oxygens (including phenoxy) is 3. The number of rotatable bonds is 10. The van der Waals surface area contributed by atoms with Crippen LogP contribution in [0.25, 0.3) is 0 Å². The van der Waals surface area contributed by atoms with E-state index in [1.54, 1.807) is 23.5 Å². The van der Waals surface area contributed by atoms with Crippen LogP contribution in [-0.4, -0.2) is 25.7 Å². The molecule has 0 unspecified atom stereocenters. The summed E-state index contributed by atoms with van der Waals surface area (Å²) in [6.07, 6.45) is 0. The van der Waals surface area contributed by atoms with Gasteiger partial charge in [0.25, 0.3) is 5.91 Å². The van der Waals surface area contributed by atoms with E-state index in [9.17, 15) is 4.79 Å². The molecule has 0 aliphatic heterocycles. The van der Waals surface area contributed by atoms with Crippen LogP contribution in [-0.2, 0) is 0 Å². The van der Waals surface area contributed by atoms with Crippen LogP contribution in [0.3, 0.4) is 0 Å². The summed E-state index contributed by atoms with van der Waals surface area (Å²) in [6, 6.07) is 7.44. The Hall–Kier alpha value is -2.21. The molecule has 0 spiro atoms. The summed E-state index contributed by atoms with van der Waals surface area (Å²) in [5.41, 5.74) is 0.493. The molecule has 0 saturated heterocycles. The van der Waals surface area contributed by atoms with E-state index in [1.165, 1.54) is 0 Å². The minimum Gasteiger partial charge on any atom is -0.490 e. The lowest BCUT2D eigenvalue weighted by Gasteiger charge is -2.22. The lowest BCUT2D eigenvalue weighted by molar-refractivity contribution is 0.0925. The van der Waals surface area contributed by atoms with Gasteiger partial charge in [0.2, 0.25) is 5.75 Å². The Morgan fingerprint density at radius 3 is 2.07 bits per heavy atom. The third-order valence-corrected chi connectivity index (χ3v) is 4.93. The summed E-state index contributed by atoms with van der Waals surface area (Å²) in [6.45, 7) is 11.3. The molecule has 0 saturated carbocycles. The minimum absolute atomic E-state index is 0.0462. The maximum atomic E-state index is 13.0. The zero-order chi connectivity index (χ0) is 19.8. The van der Waals surface area contributed by atoms with E-state index < -0.39 is 0 Å². The highest BCUT2D eigenvalue weighted by Gasteiger charge is 2.23. The zero-order valence-electron chi connectivity index (χ0n) is 16.7. The van der Waals surface area contributed by atoms with Crippen molar-refractivity contribution in [2.24, 2.45) is 5.92 Å². The first-order valence-corrected chi connectivity index (χ1v) is 10.3. The Balaban J connectivity index is 2.36. The zero-order valence-corrected chi connectivity index (χ0v) is 17.5. The Kier molecular flexibility index (Phi) is 7.98. The van der Waals surface area contributed by atoms with Crippen LogP contribution in [0.15, 0.2) is 29.6 Å². The molecule has 1 amide bonds. The predicted octanol–water partition coefficient (Wildman–Crippen LogP) is 5.07. The number of hydrogen-bond acceptors (Lipinski definition) is 5. The van der Waals surface area contributed by atoms with E-state index in [1.807, 2.05) is 38.3 Å². The van der Waals surface area contributed by atoms with Crippen molar-refractivity contribution in [3.8, 4) is 17.2 Å². The van der Waals surface area contributed by atoms with Crippen molar-refractivity contribution in [1.82, 2.24) is 5.32 Å². The number of carbonyl (C=O) groups is 1. The number of amides is 1. The molecule has 1 aromatic heterocycles. The van der Waals surface area contributed by atoms with Gasteiger partial charge in [0.05, 0.1) is 25.9 Å². The second kappa shape index (κ2) is 10.2. The van der Waals surface area contributed by atoms with E-state index in [4.69, 9.17) is 14.2 Å². The molecule has 0 aliphatic carbocycles. The molecule has 0 fully saturated rings. The Bertz CT molecular complexity index is 701. The summed E-state index contributed by atoms with van der Waals surface area (Å²) < 4.78 is 17.1. The summed E-state index contributed by atoms with van der Waals surface area (Å²) in [7, 11) is 0. The lowest BCUT2D eigenvalue weighted by Crippen LogP contribution is -2.31. The molecular formula is C21H29NO4S. The van der Waals surface area contributed by atoms with Crippen LogP contribution >= 0.6 is 11.3 Å². The quantitative estimate of drug-likeness (QED) is 0.614. The van der Waals surface area contributed by atoms with Gasteiger partial charge < -0.3 is 19.5 Å². The van der Waals surface area contributed by atoms with Crippen LogP contribution in [0.4, 0.5) is 0 Å². The van der Waals surface area contributed by atoms with Crippen LogP contribution in [0.2, 0.25) is 0 Å². The maximum absolute atomic E-state index is 13.0. The van der Waals surface area contributed by atoms with Crippen molar-refractivity contribution < 1.29 is 19.0 Å². The van der Waals surface area contributed by atoms with E-state index in [-0.39, 0.29) is 17.9 Å². The number of benzene rings is 1. The summed E-state index contributed by atoms with van der Waals surface area (Å²) in [4.78, 5) is 14.1. The van der Waals surface area contributed by atoms with Gasteiger partial charge in [-0.1, -0.05) is 19.9 Å². The summed E-state index contributed by atoms with van der Waals surface area (Å²) >= 11 is 1.64. The van der Waals surface area contributed by atoms with Crippen molar-refractivity contribution in [3.63, 3.8) is 0 Å². The summed E-state index contributed by atoms with van der Waals surface area (Å²) in [5.74, 6) is 1.69. The fourth-order valence-corrected chi connectivity index (χ4v) is 3.73. The highest BCUT2D eigenvalue weighted by atomic mass is 32.1. The second-order valence-corrected chi connectivity index (χ2v) is 7.29. The molecule has 5 nitrogen and oxygen atoms in total. The molecule has 0 bridgehead atoms. The van der Waals surface area contributed by atoms with Crippen LogP contribution < -0.4 is 19.5 Å². The van der Waals surface area contributed by atoms with Gasteiger partial charge in [0, 0.05) is 10.4 Å². The van der Waals surface area contributed by atoms with Gasteiger partial charge in [0.15, 0.2) is 11.5 Å². The SMILES string of the molecule is CCOc1cc(C(=O)N[C@@H](c2cccs2)C(C)C)cc(OCC)c1OCC. The third-order valence-electron chi connectivity index (χ3n) is 3.97. The highest BCUT2D eigenvalue weighted by Crippen LogP contribution is 2.39. The minimum atomic E-state index is -0.160. The standard InChI is InChI=1S/C21H29NO4S/c1-6-24-16-12-15(13-17(25-7-2)20(16)26-8-3)21(23)22-19(14(4)5)18-10-9-11-27-18/h9-14,19H,6-8H2,1-5H3,(H,22,23)/t19-/m1/s1. The van der Waals surface area contributed by atoms with Gasteiger partial charge in [0.1, 0.15) is 0 Å². The first kappa shape index (κ1) is 21.1. The molecular weight excluding hydrogens is 362 g/mol. The second-order valence-electron chi connectivity index (χ2n) is 6.31. The fraction of sp³-hybridized carbons (Fsp3) is 0.476. The molecule has 0 radical (unpaired) electrons. The van der Waals surface area contributed by atoms with Gasteiger partial charge >= 0.3 is 0 Å². The first-order chi connectivity index (χ1) is 13.0. The highest BCUT2D eigenvalue weighted by molar-refractivity contribution is 7.10. The topological polar surface area (TPSA) is 56.8 Å². The Morgan fingerprint density at radius 1 is 1.04 bits per heavy atom. The summed E-state index contributed by atoms with van der Waals surface area (Å²) in [5, 5.41) is 5.17. The first-order valence-electron chi connectivity index (χ1n) is 9.42. The van der Waals surface area contributed by atoms with Crippen molar-refractivity contribution in [3.05, 3.63) is 40.1 Å².